The van der Waals surface area contributed by atoms with E-state index in [9.17, 15) is 4.39 Å². The first kappa shape index (κ1) is 23.3. The Morgan fingerprint density at radius 3 is 2.71 bits per heavy atom. The smallest absolute Gasteiger partial charge is 0.195 e. The second kappa shape index (κ2) is 10.9. The molecule has 34 heavy (non-hydrogen) atoms. The lowest BCUT2D eigenvalue weighted by molar-refractivity contribution is 0.129. The van der Waals surface area contributed by atoms with Gasteiger partial charge in [-0.2, -0.15) is 0 Å². The van der Waals surface area contributed by atoms with Crippen LogP contribution in [0.5, 0.6) is 5.75 Å². The Morgan fingerprint density at radius 1 is 1.09 bits per heavy atom. The van der Waals surface area contributed by atoms with Crippen LogP contribution in [0.25, 0.3) is 5.69 Å². The van der Waals surface area contributed by atoms with Crippen LogP contribution in [0.3, 0.4) is 0 Å². The lowest BCUT2D eigenvalue weighted by Crippen LogP contribution is -2.33. The molecule has 5 rings (SSSR count). The second-order valence-electron chi connectivity index (χ2n) is 8.97. The third-order valence-corrected chi connectivity index (χ3v) is 7.76. The van der Waals surface area contributed by atoms with Gasteiger partial charge in [-0.1, -0.05) is 36.0 Å². The van der Waals surface area contributed by atoms with Crippen molar-refractivity contribution in [2.75, 3.05) is 32.6 Å². The molecule has 0 N–H and O–H groups in total. The van der Waals surface area contributed by atoms with Crippen LogP contribution in [0.2, 0.25) is 0 Å². The summed E-state index contributed by atoms with van der Waals surface area (Å²) in [5.74, 6) is 2.85. The van der Waals surface area contributed by atoms with Crippen molar-refractivity contribution in [1.29, 1.82) is 0 Å². The zero-order valence-corrected chi connectivity index (χ0v) is 20.3. The molecule has 2 aromatic carbocycles. The SMILES string of the molecule is COc1cccc(-n2c(SCC3CCCO3)nnc2C2CCN(Cc3ccccc3F)CC2)c1. The van der Waals surface area contributed by atoms with Crippen LogP contribution in [0.15, 0.2) is 53.7 Å². The Bertz CT molecular complexity index is 1090. The molecule has 0 radical (unpaired) electrons. The molecule has 2 aliphatic rings. The molecule has 2 fully saturated rings. The summed E-state index contributed by atoms with van der Waals surface area (Å²) in [7, 11) is 1.69. The third kappa shape index (κ3) is 5.29. The Kier molecular flexibility index (Phi) is 7.47. The van der Waals surface area contributed by atoms with Crippen molar-refractivity contribution in [3.63, 3.8) is 0 Å². The Morgan fingerprint density at radius 2 is 1.94 bits per heavy atom. The molecule has 2 saturated heterocycles. The number of benzene rings is 2. The van der Waals surface area contributed by atoms with E-state index in [2.05, 4.69) is 25.7 Å². The van der Waals surface area contributed by atoms with Crippen LogP contribution < -0.4 is 4.74 Å². The Balaban J connectivity index is 1.34. The van der Waals surface area contributed by atoms with E-state index in [4.69, 9.17) is 9.47 Å². The second-order valence-corrected chi connectivity index (χ2v) is 9.95. The lowest BCUT2D eigenvalue weighted by atomic mass is 9.95. The largest absolute Gasteiger partial charge is 0.497 e. The molecule has 2 aliphatic heterocycles. The van der Waals surface area contributed by atoms with E-state index in [1.807, 2.05) is 30.3 Å². The summed E-state index contributed by atoms with van der Waals surface area (Å²) >= 11 is 1.71. The number of methoxy groups -OCH3 is 1. The van der Waals surface area contributed by atoms with Crippen LogP contribution in [0.1, 0.15) is 43.0 Å². The van der Waals surface area contributed by atoms with Gasteiger partial charge in [0.2, 0.25) is 0 Å². The summed E-state index contributed by atoms with van der Waals surface area (Å²) in [5, 5.41) is 10.2. The molecule has 180 valence electrons. The predicted octanol–water partition coefficient (Wildman–Crippen LogP) is 5.07. The fraction of sp³-hybridized carbons (Fsp3) is 0.462. The highest BCUT2D eigenvalue weighted by molar-refractivity contribution is 7.99. The topological polar surface area (TPSA) is 52.4 Å². The molecule has 1 atom stereocenters. The van der Waals surface area contributed by atoms with Crippen molar-refractivity contribution in [3.8, 4) is 11.4 Å². The van der Waals surface area contributed by atoms with Gasteiger partial charge in [0.1, 0.15) is 17.4 Å². The average molecular weight is 483 g/mol. The van der Waals surface area contributed by atoms with E-state index in [0.717, 1.165) is 79.1 Å². The van der Waals surface area contributed by atoms with Gasteiger partial charge in [-0.25, -0.2) is 4.39 Å². The van der Waals surface area contributed by atoms with Crippen LogP contribution in [0.4, 0.5) is 4.39 Å². The van der Waals surface area contributed by atoms with Crippen molar-refractivity contribution in [2.24, 2.45) is 0 Å². The lowest BCUT2D eigenvalue weighted by Gasteiger charge is -2.31. The van der Waals surface area contributed by atoms with Gasteiger partial charge < -0.3 is 9.47 Å². The summed E-state index contributed by atoms with van der Waals surface area (Å²) in [6.45, 7) is 3.31. The standard InChI is InChI=1S/C26H31FN4O2S/c1-32-22-8-4-7-21(16-22)31-25(28-29-26(31)34-18-23-9-5-15-33-23)19-11-13-30(14-12-19)17-20-6-2-3-10-24(20)27/h2-4,6-8,10,16,19,23H,5,9,11-15,17-18H2,1H3. The molecular formula is C26H31FN4O2S. The Hall–Kier alpha value is -2.42. The predicted molar refractivity (Wildman–Crippen MR) is 131 cm³/mol. The fourth-order valence-corrected chi connectivity index (χ4v) is 5.82. The highest BCUT2D eigenvalue weighted by atomic mass is 32.2. The van der Waals surface area contributed by atoms with Crippen LogP contribution >= 0.6 is 11.8 Å². The van der Waals surface area contributed by atoms with Gasteiger partial charge >= 0.3 is 0 Å². The minimum atomic E-state index is -0.129. The Labute approximate surface area is 204 Å². The van der Waals surface area contributed by atoms with E-state index in [0.29, 0.717) is 12.5 Å². The van der Waals surface area contributed by atoms with Gasteiger partial charge in [-0.05, 0) is 57.0 Å². The summed E-state index contributed by atoms with van der Waals surface area (Å²) in [6.07, 6.45) is 4.45. The van der Waals surface area contributed by atoms with Crippen molar-refractivity contribution in [1.82, 2.24) is 19.7 Å². The van der Waals surface area contributed by atoms with Crippen molar-refractivity contribution >= 4 is 11.8 Å². The number of hydrogen-bond acceptors (Lipinski definition) is 6. The van der Waals surface area contributed by atoms with Crippen LogP contribution in [-0.2, 0) is 11.3 Å². The maximum absolute atomic E-state index is 14.1. The molecule has 0 aliphatic carbocycles. The first-order chi connectivity index (χ1) is 16.7. The zero-order valence-electron chi connectivity index (χ0n) is 19.5. The molecule has 0 bridgehead atoms. The molecule has 0 spiro atoms. The fourth-order valence-electron chi connectivity index (χ4n) is 4.79. The minimum absolute atomic E-state index is 0.129. The van der Waals surface area contributed by atoms with Gasteiger partial charge in [0, 0.05) is 36.5 Å². The van der Waals surface area contributed by atoms with Crippen LogP contribution in [0, 0.1) is 5.82 Å². The average Bonchev–Trinajstić information content (AvgIpc) is 3.55. The molecule has 6 nitrogen and oxygen atoms in total. The van der Waals surface area contributed by atoms with Gasteiger partial charge in [0.25, 0.3) is 0 Å². The number of piperidine rings is 1. The van der Waals surface area contributed by atoms with E-state index >= 15 is 0 Å². The van der Waals surface area contributed by atoms with Crippen LogP contribution in [-0.4, -0.2) is 58.3 Å². The van der Waals surface area contributed by atoms with Crippen molar-refractivity contribution < 1.29 is 13.9 Å². The number of nitrogens with zero attached hydrogens (tertiary/aromatic N) is 4. The molecule has 0 amide bonds. The van der Waals surface area contributed by atoms with Crippen molar-refractivity contribution in [3.05, 3.63) is 65.7 Å². The number of ether oxygens (including phenoxy) is 2. The maximum Gasteiger partial charge on any atom is 0.195 e. The van der Waals surface area contributed by atoms with Gasteiger partial charge in [0.05, 0.1) is 18.9 Å². The number of halogens is 1. The van der Waals surface area contributed by atoms with E-state index in [1.54, 1.807) is 24.9 Å². The molecular weight excluding hydrogens is 451 g/mol. The highest BCUT2D eigenvalue weighted by Gasteiger charge is 2.28. The molecule has 8 heteroatoms. The number of thioether (sulfide) groups is 1. The summed E-state index contributed by atoms with van der Waals surface area (Å²) < 4.78 is 27.6. The number of likely N-dealkylation sites (tertiary alicyclic amines) is 1. The van der Waals surface area contributed by atoms with Gasteiger partial charge in [0.15, 0.2) is 5.16 Å². The van der Waals surface area contributed by atoms with Crippen molar-refractivity contribution in [2.45, 2.75) is 49.4 Å². The molecule has 3 aromatic rings. The summed E-state index contributed by atoms with van der Waals surface area (Å²) in [4.78, 5) is 2.33. The maximum atomic E-state index is 14.1. The third-order valence-electron chi connectivity index (χ3n) is 6.70. The minimum Gasteiger partial charge on any atom is -0.497 e. The van der Waals surface area contributed by atoms with E-state index in [1.165, 1.54) is 6.07 Å². The number of rotatable bonds is 8. The van der Waals surface area contributed by atoms with E-state index < -0.39 is 0 Å². The summed E-state index contributed by atoms with van der Waals surface area (Å²) in [6, 6.07) is 15.1. The normalized spacial score (nSPS) is 19.5. The summed E-state index contributed by atoms with van der Waals surface area (Å²) in [5.41, 5.74) is 1.77. The molecule has 0 saturated carbocycles. The quantitative estimate of drug-likeness (QED) is 0.418. The number of hydrogen-bond donors (Lipinski definition) is 0. The first-order valence-corrected chi connectivity index (χ1v) is 13.0. The molecule has 1 unspecified atom stereocenters. The number of aromatic nitrogens is 3. The van der Waals surface area contributed by atoms with Gasteiger partial charge in [-0.3, -0.25) is 9.47 Å². The molecule has 1 aromatic heterocycles. The molecule has 3 heterocycles. The van der Waals surface area contributed by atoms with Gasteiger partial charge in [-0.15, -0.1) is 10.2 Å². The monoisotopic (exact) mass is 482 g/mol. The first-order valence-electron chi connectivity index (χ1n) is 12.0. The zero-order chi connectivity index (χ0) is 23.3. The van der Waals surface area contributed by atoms with E-state index in [-0.39, 0.29) is 11.9 Å². The highest BCUT2D eigenvalue weighted by Crippen LogP contribution is 2.34.